The fraction of sp³-hybridized carbons (Fsp3) is 0.500. The molecule has 2 atom stereocenters. The van der Waals surface area contributed by atoms with Crippen LogP contribution in [0, 0.1) is 0 Å². The SMILES string of the molecule is C/C=C\C1=C(CC)C[C@@H](C(=O)NC2CC2)N(C(=O)CC(N)Cc2cccc(Cl)c2)C1. The van der Waals surface area contributed by atoms with Gasteiger partial charge in [0, 0.05) is 30.1 Å². The zero-order chi connectivity index (χ0) is 21.7. The quantitative estimate of drug-likeness (QED) is 0.660. The lowest BCUT2D eigenvalue weighted by atomic mass is 9.90. The number of nitrogens with two attached hydrogens (primary N) is 1. The number of nitrogens with one attached hydrogen (secondary N) is 1. The molecule has 1 saturated carbocycles. The fourth-order valence-electron chi connectivity index (χ4n) is 4.03. The normalized spacial score (nSPS) is 20.5. The highest BCUT2D eigenvalue weighted by atomic mass is 35.5. The van der Waals surface area contributed by atoms with Crippen molar-refractivity contribution in [3.63, 3.8) is 0 Å². The second-order valence-corrected chi connectivity index (χ2v) is 8.74. The summed E-state index contributed by atoms with van der Waals surface area (Å²) < 4.78 is 0. The monoisotopic (exact) mass is 429 g/mol. The topological polar surface area (TPSA) is 75.4 Å². The van der Waals surface area contributed by atoms with E-state index in [0.717, 1.165) is 30.4 Å². The summed E-state index contributed by atoms with van der Waals surface area (Å²) in [5.74, 6) is -0.114. The van der Waals surface area contributed by atoms with Crippen molar-refractivity contribution < 1.29 is 9.59 Å². The number of amides is 2. The molecule has 3 rings (SSSR count). The number of allylic oxidation sites excluding steroid dienone is 1. The van der Waals surface area contributed by atoms with Gasteiger partial charge >= 0.3 is 0 Å². The zero-order valence-electron chi connectivity index (χ0n) is 17.9. The Morgan fingerprint density at radius 3 is 2.77 bits per heavy atom. The molecule has 1 aliphatic heterocycles. The van der Waals surface area contributed by atoms with Gasteiger partial charge in [0.1, 0.15) is 6.04 Å². The lowest BCUT2D eigenvalue weighted by molar-refractivity contribution is -0.140. The predicted molar refractivity (Wildman–Crippen MR) is 121 cm³/mol. The number of nitrogens with zero attached hydrogens (tertiary/aromatic N) is 1. The molecule has 1 aliphatic carbocycles. The molecule has 3 N–H and O–H groups in total. The van der Waals surface area contributed by atoms with Crippen molar-refractivity contribution in [1.29, 1.82) is 0 Å². The van der Waals surface area contributed by atoms with E-state index in [-0.39, 0.29) is 30.3 Å². The average Bonchev–Trinajstić information content (AvgIpc) is 3.51. The summed E-state index contributed by atoms with van der Waals surface area (Å²) in [6, 6.07) is 7.02. The lowest BCUT2D eigenvalue weighted by Gasteiger charge is -2.37. The molecule has 1 aromatic rings. The Kier molecular flexibility index (Phi) is 7.73. The van der Waals surface area contributed by atoms with Crippen LogP contribution in [0.4, 0.5) is 0 Å². The van der Waals surface area contributed by atoms with Crippen molar-refractivity contribution in [1.82, 2.24) is 10.2 Å². The number of hydrogen-bond donors (Lipinski definition) is 2. The van der Waals surface area contributed by atoms with Crippen molar-refractivity contribution >= 4 is 23.4 Å². The van der Waals surface area contributed by atoms with Crippen molar-refractivity contribution in [3.8, 4) is 0 Å². The van der Waals surface area contributed by atoms with Crippen LogP contribution in [0.1, 0.15) is 51.5 Å². The van der Waals surface area contributed by atoms with Gasteiger partial charge in [-0.25, -0.2) is 0 Å². The number of rotatable bonds is 8. The molecule has 1 heterocycles. The first kappa shape index (κ1) is 22.6. The van der Waals surface area contributed by atoms with E-state index < -0.39 is 6.04 Å². The largest absolute Gasteiger partial charge is 0.352 e. The molecule has 0 saturated heterocycles. The second kappa shape index (κ2) is 10.3. The highest BCUT2D eigenvalue weighted by molar-refractivity contribution is 6.30. The van der Waals surface area contributed by atoms with E-state index in [9.17, 15) is 9.59 Å². The minimum atomic E-state index is -0.458. The number of carbonyl (C=O) groups is 2. The Labute approximate surface area is 184 Å². The van der Waals surface area contributed by atoms with Crippen LogP contribution in [0.15, 0.2) is 47.6 Å². The summed E-state index contributed by atoms with van der Waals surface area (Å²) in [7, 11) is 0. The third-order valence-electron chi connectivity index (χ3n) is 5.78. The van der Waals surface area contributed by atoms with E-state index in [2.05, 4.69) is 18.3 Å². The average molecular weight is 430 g/mol. The lowest BCUT2D eigenvalue weighted by Crippen LogP contribution is -2.53. The summed E-state index contributed by atoms with van der Waals surface area (Å²) in [6.45, 7) is 4.53. The summed E-state index contributed by atoms with van der Waals surface area (Å²) >= 11 is 6.06. The van der Waals surface area contributed by atoms with Crippen molar-refractivity contribution in [2.45, 2.75) is 70.5 Å². The van der Waals surface area contributed by atoms with Crippen LogP contribution in [0.3, 0.4) is 0 Å². The Hall–Kier alpha value is -2.11. The maximum absolute atomic E-state index is 13.2. The third-order valence-corrected chi connectivity index (χ3v) is 6.01. The molecule has 1 fully saturated rings. The number of carbonyl (C=O) groups excluding carboxylic acids is 2. The molecule has 2 amide bonds. The second-order valence-electron chi connectivity index (χ2n) is 8.31. The summed E-state index contributed by atoms with van der Waals surface area (Å²) in [5.41, 5.74) is 9.69. The van der Waals surface area contributed by atoms with Crippen LogP contribution in [-0.4, -0.2) is 41.4 Å². The van der Waals surface area contributed by atoms with Gasteiger partial charge in [-0.15, -0.1) is 0 Å². The molecular formula is C24H32ClN3O2. The zero-order valence-corrected chi connectivity index (χ0v) is 18.6. The third kappa shape index (κ3) is 5.96. The van der Waals surface area contributed by atoms with Crippen LogP contribution in [0.5, 0.6) is 0 Å². The van der Waals surface area contributed by atoms with Gasteiger partial charge in [0.05, 0.1) is 0 Å². The smallest absolute Gasteiger partial charge is 0.243 e. The molecule has 6 heteroatoms. The molecule has 0 aromatic heterocycles. The first-order valence-corrected chi connectivity index (χ1v) is 11.2. The molecule has 5 nitrogen and oxygen atoms in total. The van der Waals surface area contributed by atoms with Crippen LogP contribution in [-0.2, 0) is 16.0 Å². The Morgan fingerprint density at radius 2 is 2.13 bits per heavy atom. The summed E-state index contributed by atoms with van der Waals surface area (Å²) in [4.78, 5) is 27.9. The molecule has 30 heavy (non-hydrogen) atoms. The van der Waals surface area contributed by atoms with Crippen LogP contribution < -0.4 is 11.1 Å². The minimum absolute atomic E-state index is 0.0419. The highest BCUT2D eigenvalue weighted by Gasteiger charge is 2.37. The summed E-state index contributed by atoms with van der Waals surface area (Å²) in [6.07, 6.45) is 8.33. The first-order chi connectivity index (χ1) is 14.4. The van der Waals surface area contributed by atoms with Crippen molar-refractivity contribution in [2.75, 3.05) is 6.54 Å². The Balaban J connectivity index is 1.73. The van der Waals surface area contributed by atoms with E-state index in [4.69, 9.17) is 17.3 Å². The van der Waals surface area contributed by atoms with Crippen LogP contribution in [0.2, 0.25) is 5.02 Å². The predicted octanol–water partition coefficient (Wildman–Crippen LogP) is 3.76. The van der Waals surface area contributed by atoms with Gasteiger partial charge in [-0.05, 0) is 62.3 Å². The Bertz CT molecular complexity index is 845. The van der Waals surface area contributed by atoms with Crippen LogP contribution >= 0.6 is 11.6 Å². The molecule has 1 unspecified atom stereocenters. The van der Waals surface area contributed by atoms with E-state index in [0.29, 0.717) is 24.4 Å². The van der Waals surface area contributed by atoms with E-state index in [1.165, 1.54) is 5.57 Å². The number of benzene rings is 1. The van der Waals surface area contributed by atoms with Gasteiger partial charge in [0.25, 0.3) is 0 Å². The minimum Gasteiger partial charge on any atom is -0.352 e. The molecular weight excluding hydrogens is 398 g/mol. The van der Waals surface area contributed by atoms with Gasteiger partial charge < -0.3 is 16.0 Å². The van der Waals surface area contributed by atoms with Gasteiger partial charge in [-0.2, -0.15) is 0 Å². The van der Waals surface area contributed by atoms with Crippen molar-refractivity contribution in [2.24, 2.45) is 5.73 Å². The molecule has 0 radical (unpaired) electrons. The first-order valence-electron chi connectivity index (χ1n) is 10.8. The highest BCUT2D eigenvalue weighted by Crippen LogP contribution is 2.29. The van der Waals surface area contributed by atoms with Gasteiger partial charge in [-0.3, -0.25) is 9.59 Å². The van der Waals surface area contributed by atoms with E-state index in [1.54, 1.807) is 4.90 Å². The Morgan fingerprint density at radius 1 is 1.37 bits per heavy atom. The van der Waals surface area contributed by atoms with Crippen LogP contribution in [0.25, 0.3) is 0 Å². The van der Waals surface area contributed by atoms with E-state index >= 15 is 0 Å². The van der Waals surface area contributed by atoms with Gasteiger partial charge in [0.15, 0.2) is 0 Å². The molecule has 2 aliphatic rings. The number of hydrogen-bond acceptors (Lipinski definition) is 3. The van der Waals surface area contributed by atoms with E-state index in [1.807, 2.05) is 37.3 Å². The molecule has 1 aromatic carbocycles. The molecule has 0 spiro atoms. The maximum atomic E-state index is 13.2. The maximum Gasteiger partial charge on any atom is 0.243 e. The fourth-order valence-corrected chi connectivity index (χ4v) is 4.24. The summed E-state index contributed by atoms with van der Waals surface area (Å²) in [5, 5.41) is 3.74. The van der Waals surface area contributed by atoms with Crippen molar-refractivity contribution in [3.05, 3.63) is 58.1 Å². The van der Waals surface area contributed by atoms with Gasteiger partial charge in [0.2, 0.25) is 11.8 Å². The van der Waals surface area contributed by atoms with Gasteiger partial charge in [-0.1, -0.05) is 48.4 Å². The molecule has 162 valence electrons. The number of halogens is 1. The molecule has 0 bridgehead atoms. The standard InChI is InChI=1S/C24H32ClN3O2/c1-3-6-18-15-28(22(13-17(18)4-2)24(30)27-21-9-10-21)23(29)14-20(26)12-16-7-5-8-19(25)11-16/h3,5-8,11,20-22H,4,9-10,12-15,26H2,1-2H3,(H,27,30)/b6-3-/t20?,22-/m0/s1.